The maximum atomic E-state index is 13.0. The summed E-state index contributed by atoms with van der Waals surface area (Å²) in [5.74, 6) is 3.06. The SMILES string of the molecule is CC(=O)O[C@H]1CC[C@@]2(C)C(=CC[C@H]3[C@@H]4C[C@H]5[C@H]([C@H](C)c6ccccc6N5C(C)=O)[C@@]4(C)CC[C@@H]32)C1. The van der Waals surface area contributed by atoms with Gasteiger partial charge in [0.2, 0.25) is 5.91 Å². The van der Waals surface area contributed by atoms with Crippen molar-refractivity contribution in [3.63, 3.8) is 0 Å². The molecule has 6 rings (SSSR count). The molecule has 0 saturated heterocycles. The number of fused-ring (bicyclic) bond motifs is 8. The molecule has 5 aliphatic rings. The zero-order valence-electron chi connectivity index (χ0n) is 22.0. The molecule has 1 aromatic carbocycles. The highest BCUT2D eigenvalue weighted by Crippen LogP contribution is 2.69. The number of para-hydroxylation sites is 1. The van der Waals surface area contributed by atoms with Crippen LogP contribution < -0.4 is 4.90 Å². The Hall–Kier alpha value is -2.10. The lowest BCUT2D eigenvalue weighted by Gasteiger charge is -2.58. The van der Waals surface area contributed by atoms with E-state index in [2.05, 4.69) is 56.0 Å². The molecule has 0 spiro atoms. The van der Waals surface area contributed by atoms with Gasteiger partial charge in [-0.1, -0.05) is 50.6 Å². The van der Waals surface area contributed by atoms with E-state index in [-0.39, 0.29) is 28.8 Å². The molecule has 1 amide bonds. The van der Waals surface area contributed by atoms with Crippen molar-refractivity contribution >= 4 is 17.6 Å². The fourth-order valence-electron chi connectivity index (χ4n) is 10.1. The molecule has 188 valence electrons. The summed E-state index contributed by atoms with van der Waals surface area (Å²) in [4.78, 5) is 26.8. The Labute approximate surface area is 210 Å². The molecule has 1 heterocycles. The van der Waals surface area contributed by atoms with E-state index in [1.54, 1.807) is 12.5 Å². The van der Waals surface area contributed by atoms with Crippen LogP contribution in [0.5, 0.6) is 0 Å². The van der Waals surface area contributed by atoms with Crippen LogP contribution in [0.2, 0.25) is 0 Å². The molecule has 35 heavy (non-hydrogen) atoms. The van der Waals surface area contributed by atoms with Crippen LogP contribution in [0.1, 0.15) is 91.0 Å². The summed E-state index contributed by atoms with van der Waals surface area (Å²) < 4.78 is 5.63. The maximum absolute atomic E-state index is 13.0. The van der Waals surface area contributed by atoms with E-state index in [0.29, 0.717) is 35.6 Å². The number of allylic oxidation sites excluding steroid dienone is 1. The van der Waals surface area contributed by atoms with Crippen LogP contribution in [0.4, 0.5) is 5.69 Å². The van der Waals surface area contributed by atoms with E-state index in [9.17, 15) is 9.59 Å². The molecule has 0 unspecified atom stereocenters. The van der Waals surface area contributed by atoms with Crippen molar-refractivity contribution in [1.82, 2.24) is 0 Å². The molecule has 3 saturated carbocycles. The lowest BCUT2D eigenvalue weighted by Crippen LogP contribution is -2.52. The van der Waals surface area contributed by atoms with Gasteiger partial charge in [-0.15, -0.1) is 0 Å². The molecule has 4 heteroatoms. The first-order valence-corrected chi connectivity index (χ1v) is 13.9. The van der Waals surface area contributed by atoms with Crippen molar-refractivity contribution in [2.24, 2.45) is 34.5 Å². The van der Waals surface area contributed by atoms with E-state index in [1.165, 1.54) is 25.3 Å². The van der Waals surface area contributed by atoms with E-state index in [0.717, 1.165) is 37.8 Å². The van der Waals surface area contributed by atoms with Gasteiger partial charge in [-0.2, -0.15) is 0 Å². The molecular formula is C31H41NO3. The van der Waals surface area contributed by atoms with Crippen molar-refractivity contribution in [1.29, 1.82) is 0 Å². The Bertz CT molecular complexity index is 1090. The number of esters is 1. The van der Waals surface area contributed by atoms with Gasteiger partial charge < -0.3 is 9.64 Å². The summed E-state index contributed by atoms with van der Waals surface area (Å²) in [6, 6.07) is 8.95. The summed E-state index contributed by atoms with van der Waals surface area (Å²) >= 11 is 0. The number of nitrogens with zero attached hydrogens (tertiary/aromatic N) is 1. The van der Waals surface area contributed by atoms with Crippen molar-refractivity contribution in [3.8, 4) is 0 Å². The van der Waals surface area contributed by atoms with Crippen molar-refractivity contribution in [2.75, 3.05) is 4.90 Å². The highest BCUT2D eigenvalue weighted by Gasteiger charge is 2.64. The average molecular weight is 476 g/mol. The quantitative estimate of drug-likeness (QED) is 0.338. The van der Waals surface area contributed by atoms with Crippen LogP contribution in [0, 0.1) is 34.5 Å². The minimum atomic E-state index is -0.153. The molecule has 0 radical (unpaired) electrons. The van der Waals surface area contributed by atoms with Crippen LogP contribution in [-0.2, 0) is 14.3 Å². The molecule has 0 aromatic heterocycles. The van der Waals surface area contributed by atoms with E-state index in [4.69, 9.17) is 4.74 Å². The second-order valence-electron chi connectivity index (χ2n) is 12.8. The number of carbonyl (C=O) groups excluding carboxylic acids is 2. The third-order valence-corrected chi connectivity index (χ3v) is 11.4. The predicted octanol–water partition coefficient (Wildman–Crippen LogP) is 6.65. The molecule has 3 fully saturated rings. The van der Waals surface area contributed by atoms with Gasteiger partial charge in [0.25, 0.3) is 0 Å². The van der Waals surface area contributed by atoms with Gasteiger partial charge in [-0.25, -0.2) is 0 Å². The monoisotopic (exact) mass is 475 g/mol. The third-order valence-electron chi connectivity index (χ3n) is 11.4. The van der Waals surface area contributed by atoms with Crippen LogP contribution in [-0.4, -0.2) is 24.0 Å². The molecule has 9 atom stereocenters. The Kier molecular flexibility index (Phi) is 5.29. The Morgan fingerprint density at radius 1 is 1.06 bits per heavy atom. The summed E-state index contributed by atoms with van der Waals surface area (Å²) in [6.45, 7) is 10.8. The van der Waals surface area contributed by atoms with Gasteiger partial charge in [0.1, 0.15) is 6.10 Å². The number of carbonyl (C=O) groups is 2. The van der Waals surface area contributed by atoms with Crippen LogP contribution in [0.15, 0.2) is 35.9 Å². The van der Waals surface area contributed by atoms with E-state index >= 15 is 0 Å². The van der Waals surface area contributed by atoms with Gasteiger partial charge in [0.05, 0.1) is 0 Å². The standard InChI is InChI=1S/C31H41NO3/c1-18-23-8-6-7-9-27(23)32(19(2)33)28-17-26-24-11-10-21-16-22(35-20(3)34)12-14-30(21,4)25(24)13-15-31(26,5)29(18)28/h6-10,18,22,24-26,28-29H,11-17H2,1-5H3/t18-,22+,24-,25+,26+,28+,29+,30+,31+/m1/s1. The minimum Gasteiger partial charge on any atom is -0.462 e. The normalized spacial score (nSPS) is 43.6. The average Bonchev–Trinajstić information content (AvgIpc) is 3.12. The number of hydrogen-bond donors (Lipinski definition) is 0. The summed E-state index contributed by atoms with van der Waals surface area (Å²) in [6.07, 6.45) is 10.4. The molecule has 0 N–H and O–H groups in total. The van der Waals surface area contributed by atoms with Crippen molar-refractivity contribution in [2.45, 2.75) is 97.6 Å². The molecule has 1 aromatic rings. The fraction of sp³-hybridized carbons (Fsp3) is 0.677. The summed E-state index contributed by atoms with van der Waals surface area (Å²) in [5.41, 5.74) is 4.54. The van der Waals surface area contributed by atoms with Gasteiger partial charge >= 0.3 is 5.97 Å². The first-order chi connectivity index (χ1) is 16.6. The Balaban J connectivity index is 1.35. The Morgan fingerprint density at radius 2 is 1.83 bits per heavy atom. The number of anilines is 1. The van der Waals surface area contributed by atoms with E-state index < -0.39 is 0 Å². The van der Waals surface area contributed by atoms with Crippen LogP contribution in [0.3, 0.4) is 0 Å². The number of rotatable bonds is 1. The highest BCUT2D eigenvalue weighted by atomic mass is 16.5. The van der Waals surface area contributed by atoms with Crippen molar-refractivity contribution in [3.05, 3.63) is 41.5 Å². The molecule has 0 bridgehead atoms. The lowest BCUT2D eigenvalue weighted by atomic mass is 9.46. The first-order valence-electron chi connectivity index (χ1n) is 13.9. The summed E-state index contributed by atoms with van der Waals surface area (Å²) in [5, 5.41) is 0. The van der Waals surface area contributed by atoms with Gasteiger partial charge in [0, 0.05) is 32.0 Å². The number of ether oxygens (including phenoxy) is 1. The minimum absolute atomic E-state index is 0.0510. The second kappa shape index (κ2) is 7.95. The summed E-state index contributed by atoms with van der Waals surface area (Å²) in [7, 11) is 0. The first kappa shape index (κ1) is 23.3. The Morgan fingerprint density at radius 3 is 2.57 bits per heavy atom. The highest BCUT2D eigenvalue weighted by molar-refractivity contribution is 5.94. The van der Waals surface area contributed by atoms with Gasteiger partial charge in [-0.05, 0) is 90.6 Å². The van der Waals surface area contributed by atoms with Gasteiger partial charge in [0.15, 0.2) is 0 Å². The third kappa shape index (κ3) is 3.23. The number of amides is 1. The van der Waals surface area contributed by atoms with Crippen molar-refractivity contribution < 1.29 is 14.3 Å². The second-order valence-corrected chi connectivity index (χ2v) is 12.8. The smallest absolute Gasteiger partial charge is 0.302 e. The number of hydrogen-bond acceptors (Lipinski definition) is 3. The fourth-order valence-corrected chi connectivity index (χ4v) is 10.1. The lowest BCUT2D eigenvalue weighted by molar-refractivity contribution is -0.148. The van der Waals surface area contributed by atoms with Crippen LogP contribution in [0.25, 0.3) is 0 Å². The zero-order valence-corrected chi connectivity index (χ0v) is 22.0. The molecule has 4 aliphatic carbocycles. The topological polar surface area (TPSA) is 46.6 Å². The zero-order chi connectivity index (χ0) is 24.7. The maximum Gasteiger partial charge on any atom is 0.302 e. The van der Waals surface area contributed by atoms with E-state index in [1.807, 2.05) is 0 Å². The molecular weight excluding hydrogens is 434 g/mol. The molecule has 4 nitrogen and oxygen atoms in total. The largest absolute Gasteiger partial charge is 0.462 e. The predicted molar refractivity (Wildman–Crippen MR) is 138 cm³/mol. The van der Waals surface area contributed by atoms with Crippen LogP contribution >= 0.6 is 0 Å². The van der Waals surface area contributed by atoms with Gasteiger partial charge in [-0.3, -0.25) is 9.59 Å². The molecule has 1 aliphatic heterocycles. The number of benzene rings is 1.